The van der Waals surface area contributed by atoms with Crippen LogP contribution in [0, 0.1) is 10.1 Å². The van der Waals surface area contributed by atoms with Gasteiger partial charge < -0.3 is 18.9 Å². The first kappa shape index (κ1) is 20.2. The number of benzene rings is 2. The number of nitrogens with one attached hydrogen (secondary N) is 1. The molecular formula is C16H17N2O8P. The van der Waals surface area contributed by atoms with Crippen LogP contribution < -0.4 is 18.9 Å². The van der Waals surface area contributed by atoms with Gasteiger partial charge in [0, 0.05) is 18.2 Å². The molecule has 0 heterocycles. The fraction of sp³-hybridized carbons (Fsp3) is 0.188. The van der Waals surface area contributed by atoms with Gasteiger partial charge in [-0.15, -0.1) is 0 Å². The van der Waals surface area contributed by atoms with Crippen molar-refractivity contribution in [2.45, 2.75) is 13.0 Å². The van der Waals surface area contributed by atoms with Crippen LogP contribution in [0.4, 0.5) is 5.69 Å². The Morgan fingerprint density at radius 3 is 2.30 bits per heavy atom. The number of carboxylic acid groups (broad SMARTS) is 1. The Balaban J connectivity index is 2.29. The molecular weight excluding hydrogens is 379 g/mol. The second-order valence-electron chi connectivity index (χ2n) is 5.30. The number of nitro groups is 1. The highest BCUT2D eigenvalue weighted by Gasteiger charge is 2.33. The van der Waals surface area contributed by atoms with Crippen LogP contribution in [0.1, 0.15) is 6.92 Å². The molecule has 2 aromatic rings. The number of rotatable bonds is 9. The third-order valence-electron chi connectivity index (χ3n) is 3.26. The van der Waals surface area contributed by atoms with Crippen molar-refractivity contribution < 1.29 is 33.2 Å². The normalized spacial score (nSPS) is 13.9. The minimum atomic E-state index is -4.20. The zero-order valence-electron chi connectivity index (χ0n) is 14.4. The molecule has 144 valence electrons. The molecule has 0 fully saturated rings. The molecule has 0 aromatic heterocycles. The molecule has 0 amide bonds. The Hall–Kier alpha value is -3.10. The number of hydrogen-bond acceptors (Lipinski definition) is 7. The Morgan fingerprint density at radius 1 is 1.15 bits per heavy atom. The van der Waals surface area contributed by atoms with Gasteiger partial charge in [-0.05, 0) is 31.2 Å². The van der Waals surface area contributed by atoms with Crippen LogP contribution in [0.25, 0.3) is 0 Å². The van der Waals surface area contributed by atoms with E-state index in [1.54, 1.807) is 12.1 Å². The van der Waals surface area contributed by atoms with E-state index in [1.807, 2.05) is 0 Å². The lowest BCUT2D eigenvalue weighted by Crippen LogP contribution is -2.34. The number of hydrogen-bond donors (Lipinski definition) is 2. The van der Waals surface area contributed by atoms with Gasteiger partial charge in [0.1, 0.15) is 23.3 Å². The van der Waals surface area contributed by atoms with E-state index in [-0.39, 0.29) is 17.2 Å². The number of non-ortho nitro benzene ring substituents is 1. The highest BCUT2D eigenvalue weighted by molar-refractivity contribution is 7.52. The summed E-state index contributed by atoms with van der Waals surface area (Å²) in [5, 5.41) is 22.1. The SMILES string of the molecule is COc1cccc(OP(=O)(NC(C)C(=O)O)Oc2ccc([N+](=O)[O-])cc2)c1. The first-order chi connectivity index (χ1) is 12.7. The minimum absolute atomic E-state index is 0.00285. The number of ether oxygens (including phenoxy) is 1. The third-order valence-corrected chi connectivity index (χ3v) is 4.87. The molecule has 2 N–H and O–H groups in total. The Bertz CT molecular complexity index is 871. The van der Waals surface area contributed by atoms with Crippen LogP contribution in [0.2, 0.25) is 0 Å². The summed E-state index contributed by atoms with van der Waals surface area (Å²) in [5.41, 5.74) is -0.183. The van der Waals surface area contributed by atoms with Gasteiger partial charge in [-0.3, -0.25) is 14.9 Å². The number of carbonyl (C=O) groups is 1. The third kappa shape index (κ3) is 5.70. The molecule has 0 saturated heterocycles. The van der Waals surface area contributed by atoms with Crippen LogP contribution in [-0.4, -0.2) is 29.2 Å². The summed E-state index contributed by atoms with van der Waals surface area (Å²) in [5.74, 6) is -0.723. The molecule has 0 aliphatic rings. The maximum Gasteiger partial charge on any atom is 0.513 e. The van der Waals surface area contributed by atoms with E-state index in [4.69, 9.17) is 18.9 Å². The summed E-state index contributed by atoms with van der Waals surface area (Å²) in [6, 6.07) is 9.69. The quantitative estimate of drug-likeness (QED) is 0.372. The fourth-order valence-electron chi connectivity index (χ4n) is 1.93. The summed E-state index contributed by atoms with van der Waals surface area (Å²) in [7, 11) is -2.76. The van der Waals surface area contributed by atoms with Crippen molar-refractivity contribution in [3.63, 3.8) is 0 Å². The van der Waals surface area contributed by atoms with Crippen LogP contribution in [0.3, 0.4) is 0 Å². The van der Waals surface area contributed by atoms with Crippen molar-refractivity contribution in [3.05, 3.63) is 58.6 Å². The molecule has 0 aliphatic carbocycles. The fourth-order valence-corrected chi connectivity index (χ4v) is 3.45. The van der Waals surface area contributed by atoms with E-state index in [0.29, 0.717) is 5.75 Å². The van der Waals surface area contributed by atoms with E-state index >= 15 is 0 Å². The number of nitro benzene ring substituents is 1. The van der Waals surface area contributed by atoms with Gasteiger partial charge in [-0.25, -0.2) is 4.57 Å². The Labute approximate surface area is 154 Å². The summed E-state index contributed by atoms with van der Waals surface area (Å²) < 4.78 is 28.9. The van der Waals surface area contributed by atoms with E-state index in [2.05, 4.69) is 5.09 Å². The molecule has 10 nitrogen and oxygen atoms in total. The molecule has 0 aliphatic heterocycles. The van der Waals surface area contributed by atoms with Crippen molar-refractivity contribution in [2.24, 2.45) is 0 Å². The van der Waals surface area contributed by atoms with E-state index in [9.17, 15) is 19.5 Å². The van der Waals surface area contributed by atoms with Gasteiger partial charge in [0.15, 0.2) is 0 Å². The zero-order chi connectivity index (χ0) is 20.0. The summed E-state index contributed by atoms with van der Waals surface area (Å²) in [6.07, 6.45) is 0. The average molecular weight is 396 g/mol. The molecule has 2 unspecified atom stereocenters. The summed E-state index contributed by atoms with van der Waals surface area (Å²) in [6.45, 7) is 1.27. The second-order valence-corrected chi connectivity index (χ2v) is 6.92. The maximum absolute atomic E-state index is 13.1. The topological polar surface area (TPSA) is 137 Å². The second kappa shape index (κ2) is 8.52. The summed E-state index contributed by atoms with van der Waals surface area (Å²) in [4.78, 5) is 21.2. The van der Waals surface area contributed by atoms with Crippen molar-refractivity contribution in [1.29, 1.82) is 0 Å². The highest BCUT2D eigenvalue weighted by atomic mass is 31.2. The standard InChI is InChI=1S/C16H17N2O8P/c1-11(16(19)20)17-27(23,26-15-5-3-4-14(10-15)24-2)25-13-8-6-12(7-9-13)18(21)22/h3-11H,1-2H3,(H,17,23)(H,19,20). The van der Waals surface area contributed by atoms with E-state index < -0.39 is 24.7 Å². The lowest BCUT2D eigenvalue weighted by atomic mass is 10.3. The van der Waals surface area contributed by atoms with Crippen LogP contribution >= 0.6 is 7.75 Å². The Kier molecular flexibility index (Phi) is 6.38. The lowest BCUT2D eigenvalue weighted by Gasteiger charge is -2.22. The van der Waals surface area contributed by atoms with Gasteiger partial charge in [0.05, 0.1) is 12.0 Å². The number of aliphatic carboxylic acids is 1. The average Bonchev–Trinajstić information content (AvgIpc) is 2.61. The van der Waals surface area contributed by atoms with Gasteiger partial charge in [0.2, 0.25) is 0 Å². The largest absolute Gasteiger partial charge is 0.513 e. The Morgan fingerprint density at radius 2 is 1.74 bits per heavy atom. The van der Waals surface area contributed by atoms with Crippen molar-refractivity contribution in [3.8, 4) is 17.2 Å². The first-order valence-corrected chi connectivity index (χ1v) is 9.15. The number of nitrogens with zero attached hydrogens (tertiary/aromatic N) is 1. The molecule has 0 radical (unpaired) electrons. The predicted octanol–water partition coefficient (Wildman–Crippen LogP) is 3.23. The molecule has 0 bridgehead atoms. The predicted molar refractivity (Wildman–Crippen MR) is 95.2 cm³/mol. The van der Waals surface area contributed by atoms with Gasteiger partial charge >= 0.3 is 13.7 Å². The van der Waals surface area contributed by atoms with E-state index in [0.717, 1.165) is 12.1 Å². The highest BCUT2D eigenvalue weighted by Crippen LogP contribution is 2.46. The van der Waals surface area contributed by atoms with Gasteiger partial charge in [0.25, 0.3) is 5.69 Å². The molecule has 0 spiro atoms. The van der Waals surface area contributed by atoms with Crippen LogP contribution in [0.5, 0.6) is 17.2 Å². The monoisotopic (exact) mass is 396 g/mol. The lowest BCUT2D eigenvalue weighted by molar-refractivity contribution is -0.384. The van der Waals surface area contributed by atoms with Gasteiger partial charge in [-0.1, -0.05) is 6.07 Å². The molecule has 2 atom stereocenters. The molecule has 2 rings (SSSR count). The molecule has 0 saturated carbocycles. The van der Waals surface area contributed by atoms with Crippen molar-refractivity contribution in [2.75, 3.05) is 7.11 Å². The molecule has 2 aromatic carbocycles. The molecule has 27 heavy (non-hydrogen) atoms. The summed E-state index contributed by atoms with van der Waals surface area (Å²) >= 11 is 0. The van der Waals surface area contributed by atoms with Crippen molar-refractivity contribution >= 4 is 19.4 Å². The van der Waals surface area contributed by atoms with Crippen LogP contribution in [-0.2, 0) is 9.36 Å². The number of carboxylic acids is 1. The van der Waals surface area contributed by atoms with Crippen LogP contribution in [0.15, 0.2) is 48.5 Å². The smallest absolute Gasteiger partial charge is 0.497 e. The minimum Gasteiger partial charge on any atom is -0.497 e. The van der Waals surface area contributed by atoms with E-state index in [1.165, 1.54) is 38.3 Å². The first-order valence-electron chi connectivity index (χ1n) is 7.61. The zero-order valence-corrected chi connectivity index (χ0v) is 15.3. The molecule has 11 heteroatoms. The maximum atomic E-state index is 13.1. The van der Waals surface area contributed by atoms with Gasteiger partial charge in [-0.2, -0.15) is 5.09 Å². The number of methoxy groups -OCH3 is 1. The van der Waals surface area contributed by atoms with Crippen molar-refractivity contribution in [1.82, 2.24) is 5.09 Å².